The monoisotopic (exact) mass is 268 g/mol. The zero-order chi connectivity index (χ0) is 14.3. The maximum absolute atomic E-state index is 10.1. The molecule has 0 aromatic heterocycles. The van der Waals surface area contributed by atoms with Crippen molar-refractivity contribution in [3.8, 4) is 11.5 Å². The highest BCUT2D eigenvalue weighted by molar-refractivity contribution is 5.43. The molecule has 0 saturated carbocycles. The predicted octanol–water partition coefficient (Wildman–Crippen LogP) is 2.94. The molecule has 0 aliphatic heterocycles. The van der Waals surface area contributed by atoms with E-state index >= 15 is 0 Å². The first-order valence-electron chi connectivity index (χ1n) is 6.63. The summed E-state index contributed by atoms with van der Waals surface area (Å²) >= 11 is 0. The Morgan fingerprint density at radius 2 is 1.84 bits per heavy atom. The Bertz CT molecular complexity index is 378. The van der Waals surface area contributed by atoms with E-state index in [1.165, 1.54) is 0 Å². The van der Waals surface area contributed by atoms with Crippen LogP contribution in [0.2, 0.25) is 0 Å². The Morgan fingerprint density at radius 3 is 2.42 bits per heavy atom. The topological polar surface area (TPSA) is 47.9 Å². The van der Waals surface area contributed by atoms with Crippen molar-refractivity contribution in [2.45, 2.75) is 38.9 Å². The summed E-state index contributed by atoms with van der Waals surface area (Å²) in [4.78, 5) is 0. The number of benzene rings is 1. The molecule has 1 aromatic carbocycles. The van der Waals surface area contributed by atoms with E-state index in [2.05, 4.69) is 6.92 Å². The van der Waals surface area contributed by atoms with Gasteiger partial charge in [-0.05, 0) is 31.0 Å². The second-order valence-corrected chi connectivity index (χ2v) is 4.56. The van der Waals surface area contributed by atoms with Crippen LogP contribution in [-0.4, -0.2) is 32.0 Å². The minimum Gasteiger partial charge on any atom is -0.493 e. The number of aliphatic hydroxyl groups is 1. The van der Waals surface area contributed by atoms with Crippen molar-refractivity contribution in [2.75, 3.05) is 20.8 Å². The maximum Gasteiger partial charge on any atom is 0.161 e. The Labute approximate surface area is 115 Å². The quantitative estimate of drug-likeness (QED) is 0.787. The SMILES string of the molecule is CCCC(C)OCC(O)c1ccc(OC)c(OC)c1. The van der Waals surface area contributed by atoms with Crippen LogP contribution in [0.25, 0.3) is 0 Å². The first-order chi connectivity index (χ1) is 9.12. The van der Waals surface area contributed by atoms with Gasteiger partial charge in [-0.3, -0.25) is 0 Å². The average Bonchev–Trinajstić information content (AvgIpc) is 2.44. The van der Waals surface area contributed by atoms with Crippen LogP contribution >= 0.6 is 0 Å². The maximum atomic E-state index is 10.1. The van der Waals surface area contributed by atoms with Gasteiger partial charge in [-0.2, -0.15) is 0 Å². The van der Waals surface area contributed by atoms with Gasteiger partial charge in [-0.25, -0.2) is 0 Å². The first-order valence-corrected chi connectivity index (χ1v) is 6.63. The number of hydrogen-bond donors (Lipinski definition) is 1. The highest BCUT2D eigenvalue weighted by Crippen LogP contribution is 2.30. The molecule has 108 valence electrons. The average molecular weight is 268 g/mol. The standard InChI is InChI=1S/C15H24O4/c1-5-6-11(2)19-10-13(16)12-7-8-14(17-3)15(9-12)18-4/h7-9,11,13,16H,5-6,10H2,1-4H3. The molecule has 0 aliphatic carbocycles. The fourth-order valence-electron chi connectivity index (χ4n) is 1.90. The summed E-state index contributed by atoms with van der Waals surface area (Å²) in [6.07, 6.45) is 1.59. The van der Waals surface area contributed by atoms with Gasteiger partial charge in [0.05, 0.1) is 26.9 Å². The summed E-state index contributed by atoms with van der Waals surface area (Å²) < 4.78 is 16.0. The van der Waals surface area contributed by atoms with Crippen molar-refractivity contribution in [1.29, 1.82) is 0 Å². The predicted molar refractivity (Wildman–Crippen MR) is 74.8 cm³/mol. The molecule has 1 rings (SSSR count). The lowest BCUT2D eigenvalue weighted by Crippen LogP contribution is -2.14. The van der Waals surface area contributed by atoms with Crippen molar-refractivity contribution in [1.82, 2.24) is 0 Å². The van der Waals surface area contributed by atoms with E-state index in [-0.39, 0.29) is 12.7 Å². The van der Waals surface area contributed by atoms with E-state index in [1.807, 2.05) is 13.0 Å². The highest BCUT2D eigenvalue weighted by Gasteiger charge is 2.13. The van der Waals surface area contributed by atoms with Gasteiger partial charge in [0.25, 0.3) is 0 Å². The molecule has 19 heavy (non-hydrogen) atoms. The van der Waals surface area contributed by atoms with Gasteiger partial charge in [0.15, 0.2) is 11.5 Å². The molecule has 0 amide bonds. The molecule has 1 aromatic rings. The van der Waals surface area contributed by atoms with E-state index in [0.29, 0.717) is 11.5 Å². The van der Waals surface area contributed by atoms with Gasteiger partial charge in [-0.15, -0.1) is 0 Å². The van der Waals surface area contributed by atoms with E-state index in [4.69, 9.17) is 14.2 Å². The fraction of sp³-hybridized carbons (Fsp3) is 0.600. The molecular weight excluding hydrogens is 244 g/mol. The lowest BCUT2D eigenvalue weighted by atomic mass is 10.1. The Hall–Kier alpha value is -1.26. The zero-order valence-electron chi connectivity index (χ0n) is 12.2. The lowest BCUT2D eigenvalue weighted by Gasteiger charge is -2.17. The molecule has 0 radical (unpaired) electrons. The molecule has 0 aliphatic rings. The summed E-state index contributed by atoms with van der Waals surface area (Å²) in [5, 5.41) is 10.1. The second kappa shape index (κ2) is 8.02. The molecule has 2 unspecified atom stereocenters. The minimum absolute atomic E-state index is 0.166. The van der Waals surface area contributed by atoms with Gasteiger partial charge >= 0.3 is 0 Å². The number of methoxy groups -OCH3 is 2. The minimum atomic E-state index is -0.654. The van der Waals surface area contributed by atoms with Crippen LogP contribution < -0.4 is 9.47 Å². The van der Waals surface area contributed by atoms with Crippen molar-refractivity contribution < 1.29 is 19.3 Å². The van der Waals surface area contributed by atoms with Crippen LogP contribution in [0.4, 0.5) is 0 Å². The molecule has 0 fully saturated rings. The molecule has 1 N–H and O–H groups in total. The van der Waals surface area contributed by atoms with Crippen LogP contribution in [0.15, 0.2) is 18.2 Å². The second-order valence-electron chi connectivity index (χ2n) is 4.56. The van der Waals surface area contributed by atoms with E-state index in [9.17, 15) is 5.11 Å². The van der Waals surface area contributed by atoms with E-state index < -0.39 is 6.10 Å². The summed E-state index contributed by atoms with van der Waals surface area (Å²) in [6.45, 7) is 4.42. The van der Waals surface area contributed by atoms with Crippen LogP contribution in [0, 0.1) is 0 Å². The van der Waals surface area contributed by atoms with Crippen LogP contribution in [0.3, 0.4) is 0 Å². The molecule has 4 heteroatoms. The van der Waals surface area contributed by atoms with E-state index in [1.54, 1.807) is 26.4 Å². The molecule has 0 saturated heterocycles. The smallest absolute Gasteiger partial charge is 0.161 e. The van der Waals surface area contributed by atoms with Crippen LogP contribution in [0.5, 0.6) is 11.5 Å². The molecule has 0 bridgehead atoms. The van der Waals surface area contributed by atoms with Crippen molar-refractivity contribution in [2.24, 2.45) is 0 Å². The van der Waals surface area contributed by atoms with Crippen molar-refractivity contribution in [3.63, 3.8) is 0 Å². The molecule has 2 atom stereocenters. The van der Waals surface area contributed by atoms with E-state index in [0.717, 1.165) is 18.4 Å². The van der Waals surface area contributed by atoms with Crippen molar-refractivity contribution in [3.05, 3.63) is 23.8 Å². The third-order valence-corrected chi connectivity index (χ3v) is 3.03. The van der Waals surface area contributed by atoms with Crippen molar-refractivity contribution >= 4 is 0 Å². The summed E-state index contributed by atoms with van der Waals surface area (Å²) in [6, 6.07) is 5.38. The fourth-order valence-corrected chi connectivity index (χ4v) is 1.90. The number of hydrogen-bond acceptors (Lipinski definition) is 4. The Kier molecular flexibility index (Phi) is 6.67. The Balaban J connectivity index is 2.64. The summed E-state index contributed by atoms with van der Waals surface area (Å²) in [5.74, 6) is 1.26. The molecule has 0 heterocycles. The van der Waals surface area contributed by atoms with Gasteiger partial charge in [-0.1, -0.05) is 19.4 Å². The number of rotatable bonds is 8. The number of ether oxygens (including phenoxy) is 3. The molecular formula is C15H24O4. The van der Waals surface area contributed by atoms with Gasteiger partial charge in [0.2, 0.25) is 0 Å². The van der Waals surface area contributed by atoms with Crippen LogP contribution in [-0.2, 0) is 4.74 Å². The molecule has 0 spiro atoms. The summed E-state index contributed by atoms with van der Waals surface area (Å²) in [5.41, 5.74) is 0.765. The lowest BCUT2D eigenvalue weighted by molar-refractivity contribution is -0.00591. The normalized spacial score (nSPS) is 13.9. The largest absolute Gasteiger partial charge is 0.493 e. The van der Waals surface area contributed by atoms with Gasteiger partial charge < -0.3 is 19.3 Å². The highest BCUT2D eigenvalue weighted by atomic mass is 16.5. The summed E-state index contributed by atoms with van der Waals surface area (Å²) in [7, 11) is 3.16. The number of aliphatic hydroxyl groups excluding tert-OH is 1. The zero-order valence-corrected chi connectivity index (χ0v) is 12.2. The van der Waals surface area contributed by atoms with Gasteiger partial charge in [0.1, 0.15) is 6.10 Å². The molecule has 4 nitrogen and oxygen atoms in total. The Morgan fingerprint density at radius 1 is 1.16 bits per heavy atom. The van der Waals surface area contributed by atoms with Crippen LogP contribution in [0.1, 0.15) is 38.4 Å². The third kappa shape index (κ3) is 4.73. The van der Waals surface area contributed by atoms with Gasteiger partial charge in [0, 0.05) is 0 Å². The first kappa shape index (κ1) is 15.8. The third-order valence-electron chi connectivity index (χ3n) is 3.03.